The summed E-state index contributed by atoms with van der Waals surface area (Å²) >= 11 is 0. The molecule has 0 radical (unpaired) electrons. The minimum Gasteiger partial charge on any atom is -0.438 e. The average Bonchev–Trinajstić information content (AvgIpc) is 3.22. The van der Waals surface area contributed by atoms with Gasteiger partial charge in [0.05, 0.1) is 13.7 Å². The lowest BCUT2D eigenvalue weighted by Crippen LogP contribution is -2.51. The van der Waals surface area contributed by atoms with Crippen molar-refractivity contribution in [1.82, 2.24) is 9.80 Å². The van der Waals surface area contributed by atoms with Crippen molar-refractivity contribution in [1.29, 1.82) is 0 Å². The molecule has 26 heavy (non-hydrogen) atoms. The Balaban J connectivity index is 1.76. The van der Waals surface area contributed by atoms with E-state index in [-0.39, 0.29) is 18.1 Å². The molecule has 2 aliphatic rings. The van der Waals surface area contributed by atoms with Crippen molar-refractivity contribution in [3.05, 3.63) is 35.4 Å². The molecule has 2 unspecified atom stereocenters. The molecule has 2 saturated heterocycles. The van der Waals surface area contributed by atoms with Crippen LogP contribution >= 0.6 is 0 Å². The van der Waals surface area contributed by atoms with Crippen LogP contribution in [0.3, 0.4) is 0 Å². The number of methoxy groups -OCH3 is 1. The standard InChI is InChI=1S/C20H28N2O4/c1-3-15-6-8-16(9-7-15)17-12-18(26-20(24)25-2)14-22(13-17)19(23)21-10-4-5-11-21/h6-9,17-18H,3-5,10-14H2,1-2H3. The zero-order chi connectivity index (χ0) is 18.5. The normalized spacial score (nSPS) is 23.0. The van der Waals surface area contributed by atoms with Crippen LogP contribution < -0.4 is 0 Å². The maximum Gasteiger partial charge on any atom is 0.508 e. The van der Waals surface area contributed by atoms with Crippen LogP contribution in [-0.4, -0.2) is 61.4 Å². The predicted molar refractivity (Wildman–Crippen MR) is 98.2 cm³/mol. The molecule has 0 spiro atoms. The zero-order valence-corrected chi connectivity index (χ0v) is 15.6. The summed E-state index contributed by atoms with van der Waals surface area (Å²) in [5.41, 5.74) is 2.47. The van der Waals surface area contributed by atoms with Crippen LogP contribution in [0.25, 0.3) is 0 Å². The van der Waals surface area contributed by atoms with Gasteiger partial charge in [-0.15, -0.1) is 0 Å². The Hall–Kier alpha value is -2.24. The molecule has 2 fully saturated rings. The van der Waals surface area contributed by atoms with E-state index >= 15 is 0 Å². The number of carbonyl (C=O) groups excluding carboxylic acids is 2. The van der Waals surface area contributed by atoms with Gasteiger partial charge < -0.3 is 19.3 Å². The third-order valence-corrected chi connectivity index (χ3v) is 5.35. The summed E-state index contributed by atoms with van der Waals surface area (Å²) in [5.74, 6) is 0.149. The third kappa shape index (κ3) is 4.29. The van der Waals surface area contributed by atoms with Crippen LogP contribution in [-0.2, 0) is 15.9 Å². The number of amides is 2. The van der Waals surface area contributed by atoms with Gasteiger partial charge in [-0.05, 0) is 36.8 Å². The molecule has 0 aliphatic carbocycles. The number of benzene rings is 1. The molecule has 2 heterocycles. The van der Waals surface area contributed by atoms with Crippen molar-refractivity contribution in [2.24, 2.45) is 0 Å². The number of piperidine rings is 1. The van der Waals surface area contributed by atoms with E-state index in [9.17, 15) is 9.59 Å². The molecule has 0 N–H and O–H groups in total. The van der Waals surface area contributed by atoms with Gasteiger partial charge in [0.15, 0.2) is 0 Å². The third-order valence-electron chi connectivity index (χ3n) is 5.35. The summed E-state index contributed by atoms with van der Waals surface area (Å²) in [5, 5.41) is 0. The highest BCUT2D eigenvalue weighted by atomic mass is 16.7. The fourth-order valence-electron chi connectivity index (χ4n) is 3.85. The van der Waals surface area contributed by atoms with E-state index in [1.165, 1.54) is 18.2 Å². The Labute approximate surface area is 155 Å². The zero-order valence-electron chi connectivity index (χ0n) is 15.6. The molecule has 142 valence electrons. The van der Waals surface area contributed by atoms with Gasteiger partial charge in [0.25, 0.3) is 0 Å². The monoisotopic (exact) mass is 360 g/mol. The molecule has 0 bridgehead atoms. The first kappa shape index (κ1) is 18.5. The lowest BCUT2D eigenvalue weighted by Gasteiger charge is -2.39. The van der Waals surface area contributed by atoms with Crippen LogP contribution in [0.15, 0.2) is 24.3 Å². The molecule has 2 aliphatic heterocycles. The molecule has 3 rings (SSSR count). The smallest absolute Gasteiger partial charge is 0.438 e. The summed E-state index contributed by atoms with van der Waals surface area (Å²) in [4.78, 5) is 28.2. The molecule has 0 aromatic heterocycles. The van der Waals surface area contributed by atoms with Gasteiger partial charge in [-0.25, -0.2) is 9.59 Å². The van der Waals surface area contributed by atoms with Gasteiger partial charge in [-0.1, -0.05) is 31.2 Å². The predicted octanol–water partition coefficient (Wildman–Crippen LogP) is 3.41. The van der Waals surface area contributed by atoms with Crippen molar-refractivity contribution in [2.75, 3.05) is 33.3 Å². The second-order valence-corrected chi connectivity index (χ2v) is 7.10. The first-order chi connectivity index (χ1) is 12.6. The Bertz CT molecular complexity index is 625. The van der Waals surface area contributed by atoms with Gasteiger partial charge in [0, 0.05) is 25.6 Å². The minimum absolute atomic E-state index is 0.0517. The van der Waals surface area contributed by atoms with E-state index in [4.69, 9.17) is 4.74 Å². The van der Waals surface area contributed by atoms with E-state index in [2.05, 4.69) is 35.9 Å². The highest BCUT2D eigenvalue weighted by molar-refractivity contribution is 5.75. The summed E-state index contributed by atoms with van der Waals surface area (Å²) in [6, 6.07) is 8.57. The first-order valence-corrected chi connectivity index (χ1v) is 9.48. The van der Waals surface area contributed by atoms with Gasteiger partial charge in [-0.2, -0.15) is 0 Å². The van der Waals surface area contributed by atoms with Gasteiger partial charge in [0.2, 0.25) is 0 Å². The first-order valence-electron chi connectivity index (χ1n) is 9.48. The molecular weight excluding hydrogens is 332 g/mol. The lowest BCUT2D eigenvalue weighted by atomic mass is 9.88. The molecule has 1 aromatic rings. The molecule has 1 aromatic carbocycles. The molecule has 2 atom stereocenters. The molecule has 6 nitrogen and oxygen atoms in total. The summed E-state index contributed by atoms with van der Waals surface area (Å²) in [6.45, 7) is 4.84. The molecule has 6 heteroatoms. The number of nitrogens with zero attached hydrogens (tertiary/aromatic N) is 2. The van der Waals surface area contributed by atoms with Crippen LogP contribution in [0.4, 0.5) is 9.59 Å². The highest BCUT2D eigenvalue weighted by Gasteiger charge is 2.35. The Morgan fingerprint density at radius 2 is 1.77 bits per heavy atom. The largest absolute Gasteiger partial charge is 0.508 e. The SMILES string of the molecule is CCc1ccc(C2CC(OC(=O)OC)CN(C(=O)N3CCCC3)C2)cc1. The second-order valence-electron chi connectivity index (χ2n) is 7.10. The van der Waals surface area contributed by atoms with Gasteiger partial charge >= 0.3 is 12.2 Å². The summed E-state index contributed by atoms with van der Waals surface area (Å²) < 4.78 is 10.1. The van der Waals surface area contributed by atoms with Crippen LogP contribution in [0.5, 0.6) is 0 Å². The topological polar surface area (TPSA) is 59.1 Å². The number of hydrogen-bond acceptors (Lipinski definition) is 4. The Morgan fingerprint density at radius 3 is 2.38 bits per heavy atom. The maximum absolute atomic E-state index is 12.9. The quantitative estimate of drug-likeness (QED) is 0.775. The highest BCUT2D eigenvalue weighted by Crippen LogP contribution is 2.30. The number of rotatable bonds is 3. The van der Waals surface area contributed by atoms with E-state index in [1.807, 2.05) is 9.80 Å². The van der Waals surface area contributed by atoms with Crippen molar-refractivity contribution in [2.45, 2.75) is 44.6 Å². The lowest BCUT2D eigenvalue weighted by molar-refractivity contribution is 0.00346. The Kier molecular flexibility index (Phi) is 6.01. The summed E-state index contributed by atoms with van der Waals surface area (Å²) in [7, 11) is 1.30. The number of ether oxygens (including phenoxy) is 2. The van der Waals surface area contributed by atoms with Crippen molar-refractivity contribution < 1.29 is 19.1 Å². The van der Waals surface area contributed by atoms with Crippen LogP contribution in [0.2, 0.25) is 0 Å². The van der Waals surface area contributed by atoms with Crippen molar-refractivity contribution in [3.8, 4) is 0 Å². The number of hydrogen-bond donors (Lipinski definition) is 0. The maximum atomic E-state index is 12.9. The number of urea groups is 1. The van der Waals surface area contributed by atoms with Gasteiger partial charge in [-0.3, -0.25) is 0 Å². The molecular formula is C20H28N2O4. The van der Waals surface area contributed by atoms with E-state index < -0.39 is 6.16 Å². The van der Waals surface area contributed by atoms with E-state index in [1.54, 1.807) is 0 Å². The fourth-order valence-corrected chi connectivity index (χ4v) is 3.85. The van der Waals surface area contributed by atoms with E-state index in [0.29, 0.717) is 19.5 Å². The number of carbonyl (C=O) groups is 2. The number of aryl methyl sites for hydroxylation is 1. The fraction of sp³-hybridized carbons (Fsp3) is 0.600. The second kappa shape index (κ2) is 8.43. The van der Waals surface area contributed by atoms with E-state index in [0.717, 1.165) is 32.4 Å². The van der Waals surface area contributed by atoms with Crippen molar-refractivity contribution >= 4 is 12.2 Å². The summed E-state index contributed by atoms with van der Waals surface area (Å²) in [6.07, 6.45) is 2.78. The molecule has 0 saturated carbocycles. The molecule has 2 amide bonds. The van der Waals surface area contributed by atoms with Crippen LogP contribution in [0, 0.1) is 0 Å². The number of likely N-dealkylation sites (tertiary alicyclic amines) is 2. The Morgan fingerprint density at radius 1 is 1.08 bits per heavy atom. The average molecular weight is 360 g/mol. The van der Waals surface area contributed by atoms with Crippen LogP contribution in [0.1, 0.15) is 43.2 Å². The minimum atomic E-state index is -0.689. The van der Waals surface area contributed by atoms with Crippen molar-refractivity contribution in [3.63, 3.8) is 0 Å². The van der Waals surface area contributed by atoms with Gasteiger partial charge in [0.1, 0.15) is 6.10 Å².